The van der Waals surface area contributed by atoms with Crippen molar-refractivity contribution in [1.82, 2.24) is 4.98 Å². The van der Waals surface area contributed by atoms with Gasteiger partial charge in [-0.3, -0.25) is 0 Å². The maximum absolute atomic E-state index is 12.1. The van der Waals surface area contributed by atoms with Crippen LogP contribution in [0.1, 0.15) is 5.89 Å². The number of ether oxygens (including phenoxy) is 1. The molecule has 105 valence electrons. The highest BCUT2D eigenvalue weighted by atomic mass is 79.9. The average molecular weight is 347 g/mol. The maximum atomic E-state index is 12.1. The van der Waals surface area contributed by atoms with Crippen molar-refractivity contribution in [3.63, 3.8) is 0 Å². The number of halogens is 4. The summed E-state index contributed by atoms with van der Waals surface area (Å²) in [6.07, 6.45) is -4.12. The Morgan fingerprint density at radius 2 is 1.95 bits per heavy atom. The van der Waals surface area contributed by atoms with Gasteiger partial charge in [0.1, 0.15) is 13.0 Å². The Bertz CT molecular complexity index is 583. The molecule has 0 fully saturated rings. The molecule has 0 bridgehead atoms. The van der Waals surface area contributed by atoms with Crippen molar-refractivity contribution >= 4 is 23.2 Å². The van der Waals surface area contributed by atoms with E-state index in [9.17, 15) is 13.2 Å². The SMILES string of the molecule is C[B]Cc1nc(Br)c(-c2ccc(OC(F)(F)F)cc2)o1. The Morgan fingerprint density at radius 1 is 1.30 bits per heavy atom. The van der Waals surface area contributed by atoms with Crippen molar-refractivity contribution in [1.29, 1.82) is 0 Å². The Balaban J connectivity index is 2.21. The number of aromatic nitrogens is 1. The Hall–Kier alpha value is -1.44. The van der Waals surface area contributed by atoms with E-state index in [0.717, 1.165) is 0 Å². The van der Waals surface area contributed by atoms with Gasteiger partial charge in [-0.15, -0.1) is 13.2 Å². The number of rotatable bonds is 4. The monoisotopic (exact) mass is 346 g/mol. The van der Waals surface area contributed by atoms with Gasteiger partial charge in [0, 0.05) is 5.56 Å². The van der Waals surface area contributed by atoms with E-state index in [2.05, 4.69) is 25.7 Å². The summed E-state index contributed by atoms with van der Waals surface area (Å²) in [7, 11) is 1.89. The van der Waals surface area contributed by atoms with Gasteiger partial charge in [0.05, 0.1) is 0 Å². The van der Waals surface area contributed by atoms with E-state index in [1.54, 1.807) is 0 Å². The van der Waals surface area contributed by atoms with Crippen molar-refractivity contribution in [2.75, 3.05) is 0 Å². The lowest BCUT2D eigenvalue weighted by Gasteiger charge is -2.08. The first-order chi connectivity index (χ1) is 9.39. The predicted molar refractivity (Wildman–Crippen MR) is 71.6 cm³/mol. The fraction of sp³-hybridized carbons (Fsp3) is 0.250. The van der Waals surface area contributed by atoms with Crippen molar-refractivity contribution in [2.24, 2.45) is 0 Å². The van der Waals surface area contributed by atoms with E-state index in [1.807, 2.05) is 14.1 Å². The minimum absolute atomic E-state index is 0.279. The second-order valence-electron chi connectivity index (χ2n) is 3.91. The second-order valence-corrected chi connectivity index (χ2v) is 4.66. The number of benzene rings is 1. The van der Waals surface area contributed by atoms with Gasteiger partial charge in [0.25, 0.3) is 0 Å². The molecule has 0 aliphatic heterocycles. The highest BCUT2D eigenvalue weighted by Gasteiger charge is 2.31. The summed E-state index contributed by atoms with van der Waals surface area (Å²) in [6, 6.07) is 5.41. The molecule has 1 aromatic heterocycles. The number of hydrogen-bond donors (Lipinski definition) is 0. The standard InChI is InChI=1S/C12H9BBrF3NO2/c1-13-6-9-18-11(14)10(19-9)7-2-4-8(5-3-7)20-12(15,16)17/h2-5H,6H2,1H3. The number of oxazole rings is 1. The summed E-state index contributed by atoms with van der Waals surface area (Å²) >= 11 is 3.26. The van der Waals surface area contributed by atoms with Crippen molar-refractivity contribution in [2.45, 2.75) is 19.5 Å². The van der Waals surface area contributed by atoms with Crippen LogP contribution in [0.4, 0.5) is 13.2 Å². The molecule has 0 N–H and O–H groups in total. The molecule has 0 unspecified atom stereocenters. The molecular formula is C12H9BBrF3NO2. The van der Waals surface area contributed by atoms with Crippen LogP contribution in [0.2, 0.25) is 6.82 Å². The molecule has 0 aliphatic carbocycles. The first-order valence-corrected chi connectivity index (χ1v) is 6.47. The van der Waals surface area contributed by atoms with Crippen LogP contribution in [-0.2, 0) is 6.32 Å². The number of alkyl halides is 3. The van der Waals surface area contributed by atoms with E-state index in [0.29, 0.717) is 28.1 Å². The summed E-state index contributed by atoms with van der Waals surface area (Å²) in [5.41, 5.74) is 0.612. The van der Waals surface area contributed by atoms with Crippen molar-refractivity contribution in [3.8, 4) is 17.1 Å². The molecule has 1 aromatic carbocycles. The van der Waals surface area contributed by atoms with Crippen LogP contribution in [-0.4, -0.2) is 18.6 Å². The molecule has 0 aliphatic rings. The molecule has 3 nitrogen and oxygen atoms in total. The number of nitrogens with zero attached hydrogens (tertiary/aromatic N) is 1. The van der Waals surface area contributed by atoms with E-state index in [4.69, 9.17) is 4.42 Å². The summed E-state index contributed by atoms with van der Waals surface area (Å²) in [4.78, 5) is 4.17. The molecule has 0 amide bonds. The van der Waals surface area contributed by atoms with Gasteiger partial charge in [0.2, 0.25) is 0 Å². The Labute approximate surface area is 122 Å². The molecule has 0 spiro atoms. The van der Waals surface area contributed by atoms with Gasteiger partial charge in [-0.05, 0) is 46.5 Å². The molecule has 20 heavy (non-hydrogen) atoms. The van der Waals surface area contributed by atoms with Crippen molar-refractivity contribution in [3.05, 3.63) is 34.8 Å². The molecule has 1 radical (unpaired) electrons. The maximum Gasteiger partial charge on any atom is 0.573 e. The summed E-state index contributed by atoms with van der Waals surface area (Å²) in [6.45, 7) is 1.88. The molecule has 8 heteroatoms. The third-order valence-corrected chi connectivity index (χ3v) is 2.90. The predicted octanol–water partition coefficient (Wildman–Crippen LogP) is 4.26. The van der Waals surface area contributed by atoms with Gasteiger partial charge in [-0.25, -0.2) is 4.98 Å². The highest BCUT2D eigenvalue weighted by molar-refractivity contribution is 9.10. The fourth-order valence-electron chi connectivity index (χ4n) is 1.59. The summed E-state index contributed by atoms with van der Waals surface area (Å²) in [5, 5.41) is 0. The fourth-order valence-corrected chi connectivity index (χ4v) is 2.10. The second kappa shape index (κ2) is 5.91. The van der Waals surface area contributed by atoms with Gasteiger partial charge in [-0.2, -0.15) is 0 Å². The third kappa shape index (κ3) is 3.78. The van der Waals surface area contributed by atoms with E-state index >= 15 is 0 Å². The Morgan fingerprint density at radius 3 is 2.50 bits per heavy atom. The lowest BCUT2D eigenvalue weighted by atomic mass is 9.78. The zero-order chi connectivity index (χ0) is 14.8. The van der Waals surface area contributed by atoms with Gasteiger partial charge in [-0.1, -0.05) is 6.82 Å². The minimum Gasteiger partial charge on any atom is -0.440 e. The zero-order valence-corrected chi connectivity index (χ0v) is 12.0. The van der Waals surface area contributed by atoms with Crippen LogP contribution in [0.5, 0.6) is 5.75 Å². The van der Waals surface area contributed by atoms with E-state index < -0.39 is 6.36 Å². The van der Waals surface area contributed by atoms with Gasteiger partial charge < -0.3 is 9.15 Å². The van der Waals surface area contributed by atoms with Crippen LogP contribution < -0.4 is 4.74 Å². The molecule has 2 rings (SSSR count). The third-order valence-electron chi connectivity index (χ3n) is 2.36. The molecular weight excluding hydrogens is 338 g/mol. The van der Waals surface area contributed by atoms with Gasteiger partial charge >= 0.3 is 6.36 Å². The van der Waals surface area contributed by atoms with Gasteiger partial charge in [0.15, 0.2) is 16.3 Å². The normalized spacial score (nSPS) is 11.4. The Kier molecular flexibility index (Phi) is 4.42. The van der Waals surface area contributed by atoms with E-state index in [-0.39, 0.29) is 5.75 Å². The van der Waals surface area contributed by atoms with E-state index in [1.165, 1.54) is 24.3 Å². The lowest BCUT2D eigenvalue weighted by molar-refractivity contribution is -0.274. The summed E-state index contributed by atoms with van der Waals surface area (Å²) in [5.74, 6) is 0.726. The first kappa shape index (κ1) is 15.0. The largest absolute Gasteiger partial charge is 0.573 e. The lowest BCUT2D eigenvalue weighted by Crippen LogP contribution is -2.16. The molecule has 1 heterocycles. The smallest absolute Gasteiger partial charge is 0.440 e. The highest BCUT2D eigenvalue weighted by Crippen LogP contribution is 2.31. The topological polar surface area (TPSA) is 35.3 Å². The molecule has 0 atom stereocenters. The van der Waals surface area contributed by atoms with Crippen LogP contribution in [0.25, 0.3) is 11.3 Å². The van der Waals surface area contributed by atoms with Crippen LogP contribution in [0.3, 0.4) is 0 Å². The minimum atomic E-state index is -4.70. The molecule has 0 saturated carbocycles. The van der Waals surface area contributed by atoms with Crippen LogP contribution in [0, 0.1) is 0 Å². The van der Waals surface area contributed by atoms with Crippen LogP contribution in [0.15, 0.2) is 33.3 Å². The van der Waals surface area contributed by atoms with Crippen LogP contribution >= 0.6 is 15.9 Å². The average Bonchev–Trinajstić information content (AvgIpc) is 2.70. The quantitative estimate of drug-likeness (QED) is 0.776. The zero-order valence-electron chi connectivity index (χ0n) is 10.4. The number of hydrogen-bond acceptors (Lipinski definition) is 3. The molecule has 0 saturated heterocycles. The molecule has 2 aromatic rings. The van der Waals surface area contributed by atoms with Crippen molar-refractivity contribution < 1.29 is 22.3 Å². The first-order valence-electron chi connectivity index (χ1n) is 5.68. The summed E-state index contributed by atoms with van der Waals surface area (Å²) < 4.78 is 46.0.